The summed E-state index contributed by atoms with van der Waals surface area (Å²) in [7, 11) is 0. The van der Waals surface area contributed by atoms with Crippen molar-refractivity contribution in [1.82, 2.24) is 15.5 Å². The molecule has 1 aromatic rings. The Morgan fingerprint density at radius 3 is 2.94 bits per heavy atom. The summed E-state index contributed by atoms with van der Waals surface area (Å²) in [5.74, 6) is 0.112. The smallest absolute Gasteiger partial charge is 0.237 e. The van der Waals surface area contributed by atoms with E-state index in [0.717, 1.165) is 30.7 Å². The van der Waals surface area contributed by atoms with Gasteiger partial charge in [0.25, 0.3) is 0 Å². The van der Waals surface area contributed by atoms with E-state index in [2.05, 4.69) is 31.5 Å². The van der Waals surface area contributed by atoms with Gasteiger partial charge in [0, 0.05) is 40.9 Å². The molecule has 2 N–H and O–H groups in total. The van der Waals surface area contributed by atoms with Crippen LogP contribution in [-0.4, -0.2) is 43.0 Å². The molecule has 2 rings (SSSR count). The number of amides is 1. The summed E-state index contributed by atoms with van der Waals surface area (Å²) in [5, 5.41) is 8.32. The van der Waals surface area contributed by atoms with Gasteiger partial charge in [0.05, 0.1) is 12.6 Å². The second-order valence-corrected chi connectivity index (χ2v) is 6.32. The zero-order valence-electron chi connectivity index (χ0n) is 10.4. The molecule has 0 spiro atoms. The number of hydrogen-bond acceptors (Lipinski definition) is 4. The van der Waals surface area contributed by atoms with Crippen LogP contribution in [0.25, 0.3) is 0 Å². The molecule has 1 aliphatic rings. The Labute approximate surface area is 120 Å². The molecule has 0 radical (unpaired) electrons. The number of halogens is 1. The van der Waals surface area contributed by atoms with Crippen molar-refractivity contribution in [3.05, 3.63) is 20.8 Å². The lowest BCUT2D eigenvalue weighted by molar-refractivity contribution is -0.126. The molecule has 1 aliphatic heterocycles. The lowest BCUT2D eigenvalue weighted by Crippen LogP contribution is -2.52. The summed E-state index contributed by atoms with van der Waals surface area (Å²) in [6.07, 6.45) is 0. The van der Waals surface area contributed by atoms with Gasteiger partial charge < -0.3 is 10.6 Å². The van der Waals surface area contributed by atoms with Gasteiger partial charge in [0.15, 0.2) is 0 Å². The summed E-state index contributed by atoms with van der Waals surface area (Å²) in [4.78, 5) is 15.4. The van der Waals surface area contributed by atoms with Crippen molar-refractivity contribution in [3.8, 4) is 0 Å². The first-order valence-corrected chi connectivity index (χ1v) is 7.79. The summed E-state index contributed by atoms with van der Waals surface area (Å²) in [6.45, 7) is 6.42. The van der Waals surface area contributed by atoms with Crippen molar-refractivity contribution in [1.29, 1.82) is 0 Å². The summed E-state index contributed by atoms with van der Waals surface area (Å²) >= 11 is 5.07. The molecule has 18 heavy (non-hydrogen) atoms. The molecule has 0 saturated carbocycles. The molecule has 1 atom stereocenters. The van der Waals surface area contributed by atoms with E-state index >= 15 is 0 Å². The molecule has 1 fully saturated rings. The van der Waals surface area contributed by atoms with Gasteiger partial charge in [-0.25, -0.2) is 0 Å². The molecular weight excluding hydrogens is 314 g/mol. The molecule has 0 bridgehead atoms. The van der Waals surface area contributed by atoms with Crippen LogP contribution in [0.4, 0.5) is 0 Å². The summed E-state index contributed by atoms with van der Waals surface area (Å²) < 4.78 is 1.08. The first-order valence-electron chi connectivity index (χ1n) is 6.12. The van der Waals surface area contributed by atoms with Crippen molar-refractivity contribution in [3.63, 3.8) is 0 Å². The Morgan fingerprint density at radius 2 is 2.33 bits per heavy atom. The van der Waals surface area contributed by atoms with Crippen molar-refractivity contribution in [2.24, 2.45) is 0 Å². The predicted molar refractivity (Wildman–Crippen MR) is 77.8 cm³/mol. The molecule has 2 heterocycles. The molecule has 4 nitrogen and oxygen atoms in total. The lowest BCUT2D eigenvalue weighted by atomic mass is 10.2. The second kappa shape index (κ2) is 6.65. The van der Waals surface area contributed by atoms with Crippen LogP contribution in [0, 0.1) is 0 Å². The lowest BCUT2D eigenvalue weighted by Gasteiger charge is -2.31. The van der Waals surface area contributed by atoms with Crippen LogP contribution in [0.5, 0.6) is 0 Å². The van der Waals surface area contributed by atoms with Crippen LogP contribution in [-0.2, 0) is 11.3 Å². The van der Waals surface area contributed by atoms with Crippen molar-refractivity contribution < 1.29 is 4.79 Å². The van der Waals surface area contributed by atoms with Crippen LogP contribution < -0.4 is 10.6 Å². The molecule has 100 valence electrons. The van der Waals surface area contributed by atoms with Crippen LogP contribution >= 0.6 is 27.3 Å². The highest BCUT2D eigenvalue weighted by Crippen LogP contribution is 2.19. The SMILES string of the molecule is CC(C(=O)NCc1cc(Br)cs1)N1CCNCC1. The standard InChI is InChI=1S/C12H18BrN3OS/c1-9(16-4-2-14-3-5-16)12(17)15-7-11-6-10(13)8-18-11/h6,8-9,14H,2-5,7H2,1H3,(H,15,17). The minimum absolute atomic E-state index is 0.0458. The van der Waals surface area contributed by atoms with E-state index in [4.69, 9.17) is 0 Å². The summed E-state index contributed by atoms with van der Waals surface area (Å²) in [6, 6.07) is 2.00. The molecular formula is C12H18BrN3OS. The Kier molecular flexibility index (Phi) is 5.17. The summed E-state index contributed by atoms with van der Waals surface area (Å²) in [5.41, 5.74) is 0. The van der Waals surface area contributed by atoms with Gasteiger partial charge in [0.1, 0.15) is 0 Å². The number of nitrogens with one attached hydrogen (secondary N) is 2. The van der Waals surface area contributed by atoms with Crippen LogP contribution in [0.1, 0.15) is 11.8 Å². The number of carbonyl (C=O) groups excluding carboxylic acids is 1. The zero-order valence-corrected chi connectivity index (χ0v) is 12.8. The normalized spacial score (nSPS) is 18.6. The van der Waals surface area contributed by atoms with Gasteiger partial charge in [-0.05, 0) is 28.9 Å². The number of thiophene rings is 1. The quantitative estimate of drug-likeness (QED) is 0.877. The van der Waals surface area contributed by atoms with E-state index in [1.54, 1.807) is 11.3 Å². The molecule has 0 aliphatic carbocycles. The maximum Gasteiger partial charge on any atom is 0.237 e. The Bertz CT molecular complexity index is 404. The van der Waals surface area contributed by atoms with Gasteiger partial charge in [0.2, 0.25) is 5.91 Å². The van der Waals surface area contributed by atoms with E-state index in [9.17, 15) is 4.79 Å². The fourth-order valence-corrected chi connectivity index (χ4v) is 3.39. The molecule has 1 aromatic heterocycles. The number of nitrogens with zero attached hydrogens (tertiary/aromatic N) is 1. The van der Waals surface area contributed by atoms with Gasteiger partial charge in [-0.1, -0.05) is 0 Å². The molecule has 1 unspecified atom stereocenters. The van der Waals surface area contributed by atoms with E-state index in [0.29, 0.717) is 6.54 Å². The average Bonchev–Trinajstić information content (AvgIpc) is 2.82. The average molecular weight is 332 g/mol. The molecule has 1 saturated heterocycles. The van der Waals surface area contributed by atoms with Gasteiger partial charge >= 0.3 is 0 Å². The van der Waals surface area contributed by atoms with E-state index in [1.165, 1.54) is 4.88 Å². The minimum atomic E-state index is -0.0458. The Morgan fingerprint density at radius 1 is 1.61 bits per heavy atom. The maximum atomic E-state index is 12.0. The van der Waals surface area contributed by atoms with Gasteiger partial charge in [-0.15, -0.1) is 11.3 Å². The van der Waals surface area contributed by atoms with Crippen molar-refractivity contribution in [2.75, 3.05) is 26.2 Å². The van der Waals surface area contributed by atoms with E-state index in [1.807, 2.05) is 18.4 Å². The number of rotatable bonds is 4. The zero-order chi connectivity index (χ0) is 13.0. The molecule has 6 heteroatoms. The van der Waals surface area contributed by atoms with E-state index in [-0.39, 0.29) is 11.9 Å². The Hall–Kier alpha value is -0.430. The third kappa shape index (κ3) is 3.78. The second-order valence-electron chi connectivity index (χ2n) is 4.41. The number of carbonyl (C=O) groups is 1. The van der Waals surface area contributed by atoms with E-state index < -0.39 is 0 Å². The van der Waals surface area contributed by atoms with Crippen LogP contribution in [0.3, 0.4) is 0 Å². The highest BCUT2D eigenvalue weighted by atomic mass is 79.9. The largest absolute Gasteiger partial charge is 0.350 e. The first-order chi connectivity index (χ1) is 8.66. The van der Waals surface area contributed by atoms with Crippen molar-refractivity contribution >= 4 is 33.2 Å². The fourth-order valence-electron chi connectivity index (χ4n) is 2.00. The number of piperazine rings is 1. The first kappa shape index (κ1) is 14.0. The van der Waals surface area contributed by atoms with Crippen LogP contribution in [0.2, 0.25) is 0 Å². The third-order valence-corrected chi connectivity index (χ3v) is 4.83. The third-order valence-electron chi connectivity index (χ3n) is 3.14. The van der Waals surface area contributed by atoms with Gasteiger partial charge in [-0.3, -0.25) is 9.69 Å². The maximum absolute atomic E-state index is 12.0. The highest BCUT2D eigenvalue weighted by Gasteiger charge is 2.22. The molecule has 1 amide bonds. The Balaban J connectivity index is 1.79. The van der Waals surface area contributed by atoms with Gasteiger partial charge in [-0.2, -0.15) is 0 Å². The number of hydrogen-bond donors (Lipinski definition) is 2. The van der Waals surface area contributed by atoms with Crippen LogP contribution in [0.15, 0.2) is 15.9 Å². The minimum Gasteiger partial charge on any atom is -0.350 e. The van der Waals surface area contributed by atoms with Crippen molar-refractivity contribution in [2.45, 2.75) is 19.5 Å². The predicted octanol–water partition coefficient (Wildman–Crippen LogP) is 1.42. The topological polar surface area (TPSA) is 44.4 Å². The highest BCUT2D eigenvalue weighted by molar-refractivity contribution is 9.10. The molecule has 0 aromatic carbocycles. The fraction of sp³-hybridized carbons (Fsp3) is 0.583. The monoisotopic (exact) mass is 331 g/mol.